The third-order valence-electron chi connectivity index (χ3n) is 0.648. The molecule has 0 rings (SSSR count). The van der Waals surface area contributed by atoms with Crippen LogP contribution in [0.1, 0.15) is 0 Å². The Bertz CT molecular complexity index is 101. The maximum Gasteiger partial charge on any atom is 0.314 e. The number of aldehydes is 1. The molecule has 1 atom stereocenters. The molecule has 0 heterocycles. The van der Waals surface area contributed by atoms with Crippen molar-refractivity contribution in [3.05, 3.63) is 0 Å². The normalized spacial score (nSPS) is 12.6. The number of carbonyl (C=O) groups is 2. The smallest absolute Gasteiger partial charge is 0.314 e. The van der Waals surface area contributed by atoms with Crippen LogP contribution in [0.2, 0.25) is 0 Å². The van der Waals surface area contributed by atoms with E-state index in [-0.39, 0.29) is 5.88 Å². The Kier molecular flexibility index (Phi) is 3.19. The van der Waals surface area contributed by atoms with Crippen molar-refractivity contribution in [2.24, 2.45) is 5.92 Å². The molecule has 4 heteroatoms. The van der Waals surface area contributed by atoms with E-state index in [9.17, 15) is 9.59 Å². The lowest BCUT2D eigenvalue weighted by molar-refractivity contribution is -0.142. The first-order chi connectivity index (χ1) is 3.72. The lowest BCUT2D eigenvalue weighted by Gasteiger charge is -1.93. The SMILES string of the molecule is O=CC(CCl)C(=O)O. The maximum atomic E-state index is 9.85. The summed E-state index contributed by atoms with van der Waals surface area (Å²) in [6, 6.07) is 0. The van der Waals surface area contributed by atoms with E-state index in [1.165, 1.54) is 0 Å². The number of hydrogen-bond donors (Lipinski definition) is 1. The van der Waals surface area contributed by atoms with Gasteiger partial charge in [-0.3, -0.25) is 4.79 Å². The number of hydrogen-bond acceptors (Lipinski definition) is 2. The van der Waals surface area contributed by atoms with Crippen molar-refractivity contribution < 1.29 is 14.7 Å². The van der Waals surface area contributed by atoms with Crippen LogP contribution in [-0.4, -0.2) is 23.2 Å². The summed E-state index contributed by atoms with van der Waals surface area (Å²) < 4.78 is 0. The first-order valence-corrected chi connectivity index (χ1v) is 2.50. The standard InChI is InChI=1S/C4H5ClO3/c5-1-3(2-6)4(7)8/h2-3H,1H2,(H,7,8). The highest BCUT2D eigenvalue weighted by Crippen LogP contribution is 1.93. The van der Waals surface area contributed by atoms with E-state index < -0.39 is 11.9 Å². The molecular weight excluding hydrogens is 131 g/mol. The largest absolute Gasteiger partial charge is 0.481 e. The third-order valence-corrected chi connectivity index (χ3v) is 0.980. The van der Waals surface area contributed by atoms with Gasteiger partial charge in [0.1, 0.15) is 12.2 Å². The number of aliphatic carboxylic acids is 1. The van der Waals surface area contributed by atoms with E-state index in [0.29, 0.717) is 6.29 Å². The molecule has 0 saturated carbocycles. The molecule has 0 bridgehead atoms. The number of halogens is 1. The summed E-state index contributed by atoms with van der Waals surface area (Å²) >= 11 is 5.05. The van der Waals surface area contributed by atoms with E-state index in [1.807, 2.05) is 0 Å². The lowest BCUT2D eigenvalue weighted by atomic mass is 10.2. The van der Waals surface area contributed by atoms with Crippen molar-refractivity contribution in [1.29, 1.82) is 0 Å². The van der Waals surface area contributed by atoms with Crippen LogP contribution in [0.3, 0.4) is 0 Å². The number of carbonyl (C=O) groups excluding carboxylic acids is 1. The van der Waals surface area contributed by atoms with Gasteiger partial charge in [-0.1, -0.05) is 0 Å². The minimum Gasteiger partial charge on any atom is -0.481 e. The molecule has 1 N–H and O–H groups in total. The van der Waals surface area contributed by atoms with E-state index in [1.54, 1.807) is 0 Å². The second-order valence-corrected chi connectivity index (χ2v) is 1.54. The number of rotatable bonds is 3. The summed E-state index contributed by atoms with van der Waals surface area (Å²) in [5.41, 5.74) is 0. The minimum atomic E-state index is -1.17. The molecule has 0 aromatic carbocycles. The van der Waals surface area contributed by atoms with E-state index in [4.69, 9.17) is 16.7 Å². The zero-order valence-electron chi connectivity index (χ0n) is 4.00. The van der Waals surface area contributed by atoms with Gasteiger partial charge in [0.15, 0.2) is 0 Å². The van der Waals surface area contributed by atoms with Gasteiger partial charge in [-0.2, -0.15) is 0 Å². The van der Waals surface area contributed by atoms with Gasteiger partial charge in [0.2, 0.25) is 0 Å². The lowest BCUT2D eigenvalue weighted by Crippen LogP contribution is -2.15. The summed E-state index contributed by atoms with van der Waals surface area (Å²) in [7, 11) is 0. The van der Waals surface area contributed by atoms with Gasteiger partial charge in [0.25, 0.3) is 0 Å². The van der Waals surface area contributed by atoms with Crippen LogP contribution in [0.15, 0.2) is 0 Å². The van der Waals surface area contributed by atoms with E-state index >= 15 is 0 Å². The molecule has 8 heavy (non-hydrogen) atoms. The maximum absolute atomic E-state index is 9.85. The van der Waals surface area contributed by atoms with Crippen LogP contribution >= 0.6 is 11.6 Å². The monoisotopic (exact) mass is 136 g/mol. The molecule has 0 aliphatic rings. The number of carboxylic acid groups (broad SMARTS) is 1. The molecule has 0 saturated heterocycles. The molecule has 0 spiro atoms. The van der Waals surface area contributed by atoms with E-state index in [0.717, 1.165) is 0 Å². The van der Waals surface area contributed by atoms with Gasteiger partial charge < -0.3 is 9.90 Å². The van der Waals surface area contributed by atoms with Crippen molar-refractivity contribution in [3.63, 3.8) is 0 Å². The highest BCUT2D eigenvalue weighted by atomic mass is 35.5. The fourth-order valence-electron chi connectivity index (χ4n) is 0.161. The molecular formula is C4H5ClO3. The number of alkyl halides is 1. The summed E-state index contributed by atoms with van der Waals surface area (Å²) in [5, 5.41) is 8.06. The van der Waals surface area contributed by atoms with Crippen molar-refractivity contribution in [2.45, 2.75) is 0 Å². The molecule has 3 nitrogen and oxygen atoms in total. The first kappa shape index (κ1) is 7.43. The van der Waals surface area contributed by atoms with Crippen LogP contribution in [-0.2, 0) is 9.59 Å². The summed E-state index contributed by atoms with van der Waals surface area (Å²) in [4.78, 5) is 19.6. The molecule has 1 unspecified atom stereocenters. The van der Waals surface area contributed by atoms with Crippen LogP contribution in [0.4, 0.5) is 0 Å². The Labute approximate surface area is 51.3 Å². The van der Waals surface area contributed by atoms with Crippen LogP contribution < -0.4 is 0 Å². The molecule has 0 radical (unpaired) electrons. The minimum absolute atomic E-state index is 0.154. The molecule has 0 aromatic heterocycles. The predicted octanol–water partition coefficient (Wildman–Crippen LogP) is 0.125. The zero-order chi connectivity index (χ0) is 6.57. The van der Waals surface area contributed by atoms with Crippen LogP contribution in [0, 0.1) is 5.92 Å². The Hall–Kier alpha value is -0.570. The van der Waals surface area contributed by atoms with Crippen molar-refractivity contribution in [1.82, 2.24) is 0 Å². The van der Waals surface area contributed by atoms with Gasteiger partial charge in [0.05, 0.1) is 0 Å². The second-order valence-electron chi connectivity index (χ2n) is 1.24. The fourth-order valence-corrected chi connectivity index (χ4v) is 0.365. The fraction of sp³-hybridized carbons (Fsp3) is 0.500. The molecule has 0 aliphatic heterocycles. The number of carboxylic acids is 1. The Morgan fingerprint density at radius 2 is 2.38 bits per heavy atom. The average Bonchev–Trinajstić information content (AvgIpc) is 1.69. The topological polar surface area (TPSA) is 54.4 Å². The van der Waals surface area contributed by atoms with Crippen molar-refractivity contribution in [2.75, 3.05) is 5.88 Å². The molecule has 0 aromatic rings. The van der Waals surface area contributed by atoms with Gasteiger partial charge in [-0.15, -0.1) is 11.6 Å². The average molecular weight is 137 g/mol. The highest BCUT2D eigenvalue weighted by Gasteiger charge is 2.13. The van der Waals surface area contributed by atoms with Crippen LogP contribution in [0.5, 0.6) is 0 Å². The van der Waals surface area contributed by atoms with Gasteiger partial charge >= 0.3 is 5.97 Å². The highest BCUT2D eigenvalue weighted by molar-refractivity contribution is 6.20. The Morgan fingerprint density at radius 1 is 1.88 bits per heavy atom. The van der Waals surface area contributed by atoms with Gasteiger partial charge in [0, 0.05) is 5.88 Å². The quantitative estimate of drug-likeness (QED) is 0.341. The molecule has 46 valence electrons. The summed E-state index contributed by atoms with van der Waals surface area (Å²) in [5.74, 6) is -2.37. The molecule has 0 amide bonds. The van der Waals surface area contributed by atoms with Gasteiger partial charge in [-0.25, -0.2) is 0 Å². The van der Waals surface area contributed by atoms with Crippen molar-refractivity contribution >= 4 is 23.9 Å². The van der Waals surface area contributed by atoms with E-state index in [2.05, 4.69) is 0 Å². The Morgan fingerprint density at radius 3 is 2.38 bits per heavy atom. The third kappa shape index (κ3) is 1.93. The predicted molar refractivity (Wildman–Crippen MR) is 27.9 cm³/mol. The van der Waals surface area contributed by atoms with Gasteiger partial charge in [-0.05, 0) is 0 Å². The summed E-state index contributed by atoms with van der Waals surface area (Å²) in [6.45, 7) is 0. The molecule has 0 fully saturated rings. The summed E-state index contributed by atoms with van der Waals surface area (Å²) in [6.07, 6.45) is 0.315. The second kappa shape index (κ2) is 3.43. The zero-order valence-corrected chi connectivity index (χ0v) is 4.76. The first-order valence-electron chi connectivity index (χ1n) is 1.96. The van der Waals surface area contributed by atoms with Crippen molar-refractivity contribution in [3.8, 4) is 0 Å². The Balaban J connectivity index is 3.69. The van der Waals surface area contributed by atoms with Crippen LogP contribution in [0.25, 0.3) is 0 Å². The molecule has 0 aliphatic carbocycles.